The largest absolute Gasteiger partial charge is 0.493 e. The summed E-state index contributed by atoms with van der Waals surface area (Å²) in [5.74, 6) is 0.285. The molecule has 0 aliphatic carbocycles. The fourth-order valence-corrected chi connectivity index (χ4v) is 2.75. The number of anilines is 2. The van der Waals surface area contributed by atoms with Crippen LogP contribution in [0.4, 0.5) is 11.4 Å². The van der Waals surface area contributed by atoms with Gasteiger partial charge in [0.1, 0.15) is 0 Å². The van der Waals surface area contributed by atoms with Crippen LogP contribution in [-0.2, 0) is 4.79 Å². The minimum Gasteiger partial charge on any atom is -0.493 e. The van der Waals surface area contributed by atoms with E-state index in [2.05, 4.69) is 10.6 Å². The fourth-order valence-electron chi connectivity index (χ4n) is 2.49. The number of rotatable bonds is 7. The molecule has 0 spiro atoms. The summed E-state index contributed by atoms with van der Waals surface area (Å²) in [6.45, 7) is 5.73. The maximum atomic E-state index is 12.7. The molecule has 2 rings (SSSR count). The van der Waals surface area contributed by atoms with Crippen LogP contribution < -0.4 is 20.1 Å². The maximum Gasteiger partial charge on any atom is 0.255 e. The first-order valence-corrected chi connectivity index (χ1v) is 8.94. The van der Waals surface area contributed by atoms with Crippen molar-refractivity contribution in [3.63, 3.8) is 0 Å². The number of hydrogen-bond acceptors (Lipinski definition) is 4. The van der Waals surface area contributed by atoms with Crippen molar-refractivity contribution in [2.24, 2.45) is 0 Å². The van der Waals surface area contributed by atoms with Gasteiger partial charge in [-0.15, -0.1) is 0 Å². The maximum absolute atomic E-state index is 12.7. The average Bonchev–Trinajstić information content (AvgIpc) is 2.63. The summed E-state index contributed by atoms with van der Waals surface area (Å²) in [4.78, 5) is 24.0. The van der Waals surface area contributed by atoms with Crippen molar-refractivity contribution < 1.29 is 19.1 Å². The molecular weight excluding hydrogens is 368 g/mol. The molecule has 2 N–H and O–H groups in total. The SMILES string of the molecule is CCCOc1c(Cl)cc(C(=O)Nc2cccc(NC(C)=O)c2C)cc1OC. The van der Waals surface area contributed by atoms with Gasteiger partial charge in [-0.3, -0.25) is 9.59 Å². The monoisotopic (exact) mass is 390 g/mol. The Bertz CT molecular complexity index is 852. The third-order valence-corrected chi connectivity index (χ3v) is 4.12. The summed E-state index contributed by atoms with van der Waals surface area (Å²) >= 11 is 6.28. The minimum absolute atomic E-state index is 0.180. The highest BCUT2D eigenvalue weighted by atomic mass is 35.5. The van der Waals surface area contributed by atoms with Crippen LogP contribution in [0.1, 0.15) is 36.2 Å². The molecule has 7 heteroatoms. The van der Waals surface area contributed by atoms with Gasteiger partial charge in [-0.05, 0) is 43.2 Å². The summed E-state index contributed by atoms with van der Waals surface area (Å²) in [5, 5.41) is 5.87. The Labute approximate surface area is 163 Å². The number of nitrogens with one attached hydrogen (secondary N) is 2. The van der Waals surface area contributed by atoms with E-state index in [-0.39, 0.29) is 11.8 Å². The highest BCUT2D eigenvalue weighted by Crippen LogP contribution is 2.37. The smallest absolute Gasteiger partial charge is 0.255 e. The van der Waals surface area contributed by atoms with Gasteiger partial charge in [0, 0.05) is 23.9 Å². The molecule has 27 heavy (non-hydrogen) atoms. The van der Waals surface area contributed by atoms with Crippen molar-refractivity contribution in [2.45, 2.75) is 27.2 Å². The number of halogens is 1. The molecule has 0 fully saturated rings. The molecule has 0 saturated heterocycles. The third kappa shape index (κ3) is 5.14. The standard InChI is InChI=1S/C20H23ClN2O4/c1-5-9-27-19-15(21)10-14(11-18(19)26-4)20(25)23-17-8-6-7-16(12(17)2)22-13(3)24/h6-8,10-11H,5,9H2,1-4H3,(H,22,24)(H,23,25). The Morgan fingerprint density at radius 3 is 2.41 bits per heavy atom. The molecule has 2 aromatic rings. The van der Waals surface area contributed by atoms with Crippen LogP contribution in [0.2, 0.25) is 5.02 Å². The predicted octanol–water partition coefficient (Wildman–Crippen LogP) is 4.66. The Kier molecular flexibility index (Phi) is 7.07. The summed E-state index contributed by atoms with van der Waals surface area (Å²) < 4.78 is 10.9. The summed E-state index contributed by atoms with van der Waals surface area (Å²) in [5.41, 5.74) is 2.32. The van der Waals surface area contributed by atoms with Gasteiger partial charge in [-0.25, -0.2) is 0 Å². The van der Waals surface area contributed by atoms with Crippen LogP contribution in [0, 0.1) is 6.92 Å². The number of hydrogen-bond donors (Lipinski definition) is 2. The molecule has 0 aliphatic heterocycles. The molecule has 0 heterocycles. The fraction of sp³-hybridized carbons (Fsp3) is 0.300. The van der Waals surface area contributed by atoms with Crippen molar-refractivity contribution in [1.29, 1.82) is 0 Å². The second-order valence-corrected chi connectivity index (χ2v) is 6.36. The average molecular weight is 391 g/mol. The van der Waals surface area contributed by atoms with E-state index in [0.29, 0.717) is 40.1 Å². The van der Waals surface area contributed by atoms with E-state index >= 15 is 0 Å². The van der Waals surface area contributed by atoms with Crippen molar-refractivity contribution in [3.8, 4) is 11.5 Å². The van der Waals surface area contributed by atoms with Gasteiger partial charge < -0.3 is 20.1 Å². The lowest BCUT2D eigenvalue weighted by Crippen LogP contribution is -2.14. The zero-order valence-corrected chi connectivity index (χ0v) is 16.6. The number of benzene rings is 2. The van der Waals surface area contributed by atoms with Gasteiger partial charge >= 0.3 is 0 Å². The van der Waals surface area contributed by atoms with Crippen LogP contribution in [-0.4, -0.2) is 25.5 Å². The first kappa shape index (κ1) is 20.6. The number of amides is 2. The summed E-state index contributed by atoms with van der Waals surface area (Å²) in [6, 6.07) is 8.40. The molecule has 2 amide bonds. The Hall–Kier alpha value is -2.73. The molecule has 0 atom stereocenters. The third-order valence-electron chi connectivity index (χ3n) is 3.83. The lowest BCUT2D eigenvalue weighted by atomic mass is 10.1. The molecule has 144 valence electrons. The molecule has 0 unspecified atom stereocenters. The van der Waals surface area contributed by atoms with Crippen molar-refractivity contribution >= 4 is 34.8 Å². The van der Waals surface area contributed by atoms with Crippen LogP contribution in [0.25, 0.3) is 0 Å². The topological polar surface area (TPSA) is 76.7 Å². The zero-order valence-electron chi connectivity index (χ0n) is 15.8. The Morgan fingerprint density at radius 1 is 1.15 bits per heavy atom. The summed E-state index contributed by atoms with van der Waals surface area (Å²) in [6.07, 6.45) is 0.825. The molecule has 6 nitrogen and oxygen atoms in total. The van der Waals surface area contributed by atoms with Crippen LogP contribution in [0.15, 0.2) is 30.3 Å². The molecule has 0 radical (unpaired) electrons. The van der Waals surface area contributed by atoms with Gasteiger partial charge in [0.25, 0.3) is 5.91 Å². The first-order chi connectivity index (χ1) is 12.9. The van der Waals surface area contributed by atoms with E-state index in [0.717, 1.165) is 12.0 Å². The van der Waals surface area contributed by atoms with E-state index in [4.69, 9.17) is 21.1 Å². The molecule has 2 aromatic carbocycles. The summed E-state index contributed by atoms with van der Waals surface area (Å²) in [7, 11) is 1.49. The van der Waals surface area contributed by atoms with E-state index in [9.17, 15) is 9.59 Å². The lowest BCUT2D eigenvalue weighted by Gasteiger charge is -2.15. The molecule has 0 saturated carbocycles. The van der Waals surface area contributed by atoms with Crippen molar-refractivity contribution in [2.75, 3.05) is 24.4 Å². The van der Waals surface area contributed by atoms with Crippen molar-refractivity contribution in [1.82, 2.24) is 0 Å². The molecular formula is C20H23ClN2O4. The number of carbonyl (C=O) groups excluding carboxylic acids is 2. The highest BCUT2D eigenvalue weighted by molar-refractivity contribution is 6.32. The molecule has 0 aliphatic rings. The quantitative estimate of drug-likeness (QED) is 0.721. The van der Waals surface area contributed by atoms with Gasteiger partial charge in [0.2, 0.25) is 5.91 Å². The van der Waals surface area contributed by atoms with Gasteiger partial charge in [0.05, 0.1) is 18.7 Å². The Balaban J connectivity index is 2.28. The van der Waals surface area contributed by atoms with Crippen LogP contribution >= 0.6 is 11.6 Å². The molecule has 0 bridgehead atoms. The van der Waals surface area contributed by atoms with Gasteiger partial charge in [-0.2, -0.15) is 0 Å². The lowest BCUT2D eigenvalue weighted by molar-refractivity contribution is -0.114. The van der Waals surface area contributed by atoms with Gasteiger partial charge in [-0.1, -0.05) is 24.6 Å². The second-order valence-electron chi connectivity index (χ2n) is 5.95. The first-order valence-electron chi connectivity index (χ1n) is 8.56. The van der Waals surface area contributed by atoms with Crippen molar-refractivity contribution in [3.05, 3.63) is 46.5 Å². The normalized spacial score (nSPS) is 10.3. The van der Waals surface area contributed by atoms with Crippen LogP contribution in [0.5, 0.6) is 11.5 Å². The minimum atomic E-state index is -0.347. The predicted molar refractivity (Wildman–Crippen MR) is 107 cm³/mol. The van der Waals surface area contributed by atoms with E-state index in [1.807, 2.05) is 13.8 Å². The van der Waals surface area contributed by atoms with E-state index in [1.165, 1.54) is 20.1 Å². The van der Waals surface area contributed by atoms with Gasteiger partial charge in [0.15, 0.2) is 11.5 Å². The number of carbonyl (C=O) groups is 2. The second kappa shape index (κ2) is 9.28. The van der Waals surface area contributed by atoms with Crippen LogP contribution in [0.3, 0.4) is 0 Å². The number of ether oxygens (including phenoxy) is 2. The zero-order chi connectivity index (χ0) is 20.0. The van der Waals surface area contributed by atoms with E-state index in [1.54, 1.807) is 24.3 Å². The van der Waals surface area contributed by atoms with E-state index < -0.39 is 0 Å². The molecule has 0 aromatic heterocycles. The Morgan fingerprint density at radius 2 is 1.81 bits per heavy atom. The highest BCUT2D eigenvalue weighted by Gasteiger charge is 2.17. The number of methoxy groups -OCH3 is 1.